The molecule has 22 heavy (non-hydrogen) atoms. The van der Waals surface area contributed by atoms with Crippen LogP contribution in [-0.2, 0) is 11.2 Å². The van der Waals surface area contributed by atoms with Crippen LogP contribution in [0.2, 0.25) is 0 Å². The van der Waals surface area contributed by atoms with Gasteiger partial charge in [-0.3, -0.25) is 4.99 Å². The number of benzene rings is 1. The van der Waals surface area contributed by atoms with Gasteiger partial charge in [0.1, 0.15) is 0 Å². The number of guanidine groups is 1. The highest BCUT2D eigenvalue weighted by Gasteiger charge is 2.16. The topological polar surface area (TPSA) is 67.9 Å². The minimum absolute atomic E-state index is 0.312. The zero-order valence-corrected chi connectivity index (χ0v) is 13.4. The van der Waals surface area contributed by atoms with Gasteiger partial charge >= 0.3 is 5.97 Å². The molecule has 0 saturated carbocycles. The lowest BCUT2D eigenvalue weighted by Gasteiger charge is -2.31. The van der Waals surface area contributed by atoms with Crippen LogP contribution in [0.1, 0.15) is 35.7 Å². The largest absolute Gasteiger partial charge is 0.465 e. The van der Waals surface area contributed by atoms with Crippen LogP contribution >= 0.6 is 0 Å². The van der Waals surface area contributed by atoms with Crippen LogP contribution in [0.15, 0.2) is 29.3 Å². The van der Waals surface area contributed by atoms with Crippen molar-refractivity contribution in [2.45, 2.75) is 26.2 Å². The van der Waals surface area contributed by atoms with Gasteiger partial charge in [0.05, 0.1) is 12.7 Å². The lowest BCUT2D eigenvalue weighted by Crippen LogP contribution is -2.42. The van der Waals surface area contributed by atoms with Crippen LogP contribution in [0.3, 0.4) is 0 Å². The van der Waals surface area contributed by atoms with Gasteiger partial charge in [-0.1, -0.05) is 19.1 Å². The predicted octanol–water partition coefficient (Wildman–Crippen LogP) is 2.06. The third-order valence-electron chi connectivity index (χ3n) is 4.16. The van der Waals surface area contributed by atoms with Crippen molar-refractivity contribution in [3.63, 3.8) is 0 Å². The standard InChI is InChI=1S/C17H25N3O2/c1-13-8-11-20(12-9-13)17(18)19-10-7-14-3-5-15(6-4-14)16(21)22-2/h3-6,13H,7-12H2,1-2H3,(H2,18,19). The van der Waals surface area contributed by atoms with E-state index in [1.165, 1.54) is 20.0 Å². The fourth-order valence-electron chi connectivity index (χ4n) is 2.56. The Kier molecular flexibility index (Phi) is 5.81. The summed E-state index contributed by atoms with van der Waals surface area (Å²) in [5.41, 5.74) is 7.76. The lowest BCUT2D eigenvalue weighted by atomic mass is 10.00. The molecule has 0 amide bonds. The van der Waals surface area contributed by atoms with Crippen molar-refractivity contribution in [1.29, 1.82) is 0 Å². The van der Waals surface area contributed by atoms with E-state index in [0.29, 0.717) is 18.1 Å². The monoisotopic (exact) mass is 303 g/mol. The highest BCUT2D eigenvalue weighted by atomic mass is 16.5. The van der Waals surface area contributed by atoms with Gasteiger partial charge in [-0.25, -0.2) is 4.79 Å². The molecule has 0 aromatic heterocycles. The molecule has 5 nitrogen and oxygen atoms in total. The van der Waals surface area contributed by atoms with Gasteiger partial charge in [-0.2, -0.15) is 0 Å². The molecule has 120 valence electrons. The Morgan fingerprint density at radius 3 is 2.55 bits per heavy atom. The second-order valence-corrected chi connectivity index (χ2v) is 5.85. The van der Waals surface area contributed by atoms with Crippen LogP contribution in [-0.4, -0.2) is 43.6 Å². The molecule has 2 N–H and O–H groups in total. The van der Waals surface area contributed by atoms with Gasteiger partial charge in [-0.15, -0.1) is 0 Å². The van der Waals surface area contributed by atoms with E-state index >= 15 is 0 Å². The Hall–Kier alpha value is -2.04. The fourth-order valence-corrected chi connectivity index (χ4v) is 2.56. The molecular formula is C17H25N3O2. The number of hydrogen-bond acceptors (Lipinski definition) is 3. The zero-order valence-electron chi connectivity index (χ0n) is 13.4. The molecule has 0 atom stereocenters. The van der Waals surface area contributed by atoms with Gasteiger partial charge in [0.15, 0.2) is 5.96 Å². The maximum atomic E-state index is 11.4. The Bertz CT molecular complexity index is 517. The molecule has 0 bridgehead atoms. The summed E-state index contributed by atoms with van der Waals surface area (Å²) in [6, 6.07) is 7.42. The first-order valence-corrected chi connectivity index (χ1v) is 7.82. The third-order valence-corrected chi connectivity index (χ3v) is 4.16. The number of aliphatic imine (C=N–C) groups is 1. The molecule has 0 aliphatic carbocycles. The van der Waals surface area contributed by atoms with E-state index in [9.17, 15) is 4.79 Å². The molecule has 1 heterocycles. The number of rotatable bonds is 4. The van der Waals surface area contributed by atoms with Crippen molar-refractivity contribution in [3.8, 4) is 0 Å². The molecule has 1 saturated heterocycles. The van der Waals surface area contributed by atoms with Crippen molar-refractivity contribution in [2.24, 2.45) is 16.6 Å². The van der Waals surface area contributed by atoms with Gasteiger partial charge < -0.3 is 15.4 Å². The molecule has 5 heteroatoms. The summed E-state index contributed by atoms with van der Waals surface area (Å²) >= 11 is 0. The van der Waals surface area contributed by atoms with Gasteiger partial charge in [0.25, 0.3) is 0 Å². The molecule has 0 spiro atoms. The summed E-state index contributed by atoms with van der Waals surface area (Å²) in [4.78, 5) is 18.0. The second-order valence-electron chi connectivity index (χ2n) is 5.85. The van der Waals surface area contributed by atoms with Crippen LogP contribution < -0.4 is 5.73 Å². The Morgan fingerprint density at radius 1 is 1.32 bits per heavy atom. The van der Waals surface area contributed by atoms with Crippen molar-refractivity contribution < 1.29 is 9.53 Å². The Morgan fingerprint density at radius 2 is 1.95 bits per heavy atom. The number of piperidine rings is 1. The molecule has 0 radical (unpaired) electrons. The maximum Gasteiger partial charge on any atom is 0.337 e. The zero-order chi connectivity index (χ0) is 15.9. The quantitative estimate of drug-likeness (QED) is 0.525. The van der Waals surface area contributed by atoms with E-state index < -0.39 is 0 Å². The summed E-state index contributed by atoms with van der Waals surface area (Å²) in [5, 5.41) is 0. The highest BCUT2D eigenvalue weighted by Crippen LogP contribution is 2.15. The highest BCUT2D eigenvalue weighted by molar-refractivity contribution is 5.89. The molecule has 1 fully saturated rings. The van der Waals surface area contributed by atoms with E-state index in [4.69, 9.17) is 5.73 Å². The van der Waals surface area contributed by atoms with E-state index in [2.05, 4.69) is 21.6 Å². The number of methoxy groups -OCH3 is 1. The van der Waals surface area contributed by atoms with E-state index in [0.717, 1.165) is 31.0 Å². The van der Waals surface area contributed by atoms with Crippen molar-refractivity contribution in [1.82, 2.24) is 4.90 Å². The van der Waals surface area contributed by atoms with Crippen molar-refractivity contribution >= 4 is 11.9 Å². The molecule has 1 aliphatic rings. The number of ether oxygens (including phenoxy) is 1. The summed E-state index contributed by atoms with van der Waals surface area (Å²) < 4.78 is 4.68. The minimum Gasteiger partial charge on any atom is -0.465 e. The van der Waals surface area contributed by atoms with E-state index in [1.54, 1.807) is 12.1 Å². The number of nitrogens with two attached hydrogens (primary N) is 1. The summed E-state index contributed by atoms with van der Waals surface area (Å²) in [6.07, 6.45) is 3.18. The van der Waals surface area contributed by atoms with Gasteiger partial charge in [-0.05, 0) is 42.9 Å². The first-order chi connectivity index (χ1) is 10.6. The number of likely N-dealkylation sites (tertiary alicyclic amines) is 1. The third kappa shape index (κ3) is 4.48. The first kappa shape index (κ1) is 16.3. The molecule has 2 rings (SSSR count). The number of nitrogens with zero attached hydrogens (tertiary/aromatic N) is 2. The maximum absolute atomic E-state index is 11.4. The average molecular weight is 303 g/mol. The SMILES string of the molecule is COC(=O)c1ccc(CCN=C(N)N2CCC(C)CC2)cc1. The number of esters is 1. The Labute approximate surface area is 132 Å². The van der Waals surface area contributed by atoms with Crippen LogP contribution in [0, 0.1) is 5.92 Å². The average Bonchev–Trinajstić information content (AvgIpc) is 2.55. The predicted molar refractivity (Wildman–Crippen MR) is 87.9 cm³/mol. The lowest BCUT2D eigenvalue weighted by molar-refractivity contribution is 0.0600. The van der Waals surface area contributed by atoms with Gasteiger partial charge in [0, 0.05) is 19.6 Å². The molecule has 1 aliphatic heterocycles. The van der Waals surface area contributed by atoms with Gasteiger partial charge in [0.2, 0.25) is 0 Å². The molecular weight excluding hydrogens is 278 g/mol. The molecule has 1 aromatic rings. The second kappa shape index (κ2) is 7.82. The smallest absolute Gasteiger partial charge is 0.337 e. The number of hydrogen-bond donors (Lipinski definition) is 1. The summed E-state index contributed by atoms with van der Waals surface area (Å²) in [6.45, 7) is 4.95. The van der Waals surface area contributed by atoms with E-state index in [-0.39, 0.29) is 5.97 Å². The van der Waals surface area contributed by atoms with Crippen molar-refractivity contribution in [3.05, 3.63) is 35.4 Å². The van der Waals surface area contributed by atoms with E-state index in [1.807, 2.05) is 12.1 Å². The van der Waals surface area contributed by atoms with Crippen LogP contribution in [0.5, 0.6) is 0 Å². The normalized spacial score (nSPS) is 16.6. The number of carbonyl (C=O) groups is 1. The summed E-state index contributed by atoms with van der Waals surface area (Å²) in [5.74, 6) is 1.13. The van der Waals surface area contributed by atoms with Crippen LogP contribution in [0.4, 0.5) is 0 Å². The van der Waals surface area contributed by atoms with Crippen LogP contribution in [0.25, 0.3) is 0 Å². The fraction of sp³-hybridized carbons (Fsp3) is 0.529. The number of carbonyl (C=O) groups excluding carboxylic acids is 1. The minimum atomic E-state index is -0.312. The Balaban J connectivity index is 1.82. The molecule has 0 unspecified atom stereocenters. The summed E-state index contributed by atoms with van der Waals surface area (Å²) in [7, 11) is 1.38. The first-order valence-electron chi connectivity index (χ1n) is 7.82. The molecule has 1 aromatic carbocycles. The van der Waals surface area contributed by atoms with Crippen molar-refractivity contribution in [2.75, 3.05) is 26.7 Å².